The van der Waals surface area contributed by atoms with Crippen LogP contribution in [0.15, 0.2) is 0 Å². The molecule has 0 N–H and O–H groups in total. The third-order valence-corrected chi connectivity index (χ3v) is 6.23. The van der Waals surface area contributed by atoms with E-state index < -0.39 is 5.60 Å². The van der Waals surface area contributed by atoms with Crippen LogP contribution in [0.3, 0.4) is 0 Å². The van der Waals surface area contributed by atoms with Gasteiger partial charge in [0.25, 0.3) is 0 Å². The quantitative estimate of drug-likeness (QED) is 0.590. The van der Waals surface area contributed by atoms with E-state index in [0.717, 1.165) is 31.3 Å². The zero-order valence-corrected chi connectivity index (χ0v) is 14.8. The largest absolute Gasteiger partial charge is 0.360 e. The van der Waals surface area contributed by atoms with Gasteiger partial charge in [0.2, 0.25) is 0 Å². The first-order valence-corrected chi connectivity index (χ1v) is 9.78. The molecule has 126 valence electrons. The van der Waals surface area contributed by atoms with E-state index >= 15 is 0 Å². The maximum atomic E-state index is 9.68. The smallest absolute Gasteiger partial charge is 0.154 e. The molecule has 0 heterocycles. The Morgan fingerprint density at radius 2 is 1.68 bits per heavy atom. The lowest BCUT2D eigenvalue weighted by Crippen LogP contribution is -2.38. The van der Waals surface area contributed by atoms with Crippen LogP contribution in [0.2, 0.25) is 0 Å². The topological polar surface area (TPSA) is 33.0 Å². The van der Waals surface area contributed by atoms with Crippen molar-refractivity contribution < 1.29 is 4.74 Å². The van der Waals surface area contributed by atoms with Crippen molar-refractivity contribution >= 4 is 0 Å². The van der Waals surface area contributed by atoms with Crippen molar-refractivity contribution in [2.24, 2.45) is 17.8 Å². The molecule has 0 spiro atoms. The summed E-state index contributed by atoms with van der Waals surface area (Å²) in [7, 11) is 0. The van der Waals surface area contributed by atoms with Crippen molar-refractivity contribution in [1.29, 1.82) is 5.26 Å². The first-order valence-electron chi connectivity index (χ1n) is 9.78. The molecule has 2 fully saturated rings. The zero-order valence-electron chi connectivity index (χ0n) is 14.8. The Kier molecular flexibility index (Phi) is 7.22. The van der Waals surface area contributed by atoms with Crippen LogP contribution in [0.25, 0.3) is 0 Å². The molecule has 2 aliphatic rings. The summed E-state index contributed by atoms with van der Waals surface area (Å²) < 4.78 is 6.20. The molecule has 0 radical (unpaired) electrons. The van der Waals surface area contributed by atoms with E-state index in [1.807, 2.05) is 0 Å². The van der Waals surface area contributed by atoms with Gasteiger partial charge < -0.3 is 4.74 Å². The van der Waals surface area contributed by atoms with Gasteiger partial charge in [-0.1, -0.05) is 58.8 Å². The van der Waals surface area contributed by atoms with Crippen LogP contribution in [0.1, 0.15) is 90.9 Å². The fourth-order valence-corrected chi connectivity index (χ4v) is 4.56. The molecule has 0 aromatic carbocycles. The summed E-state index contributed by atoms with van der Waals surface area (Å²) in [5.41, 5.74) is -0.466. The van der Waals surface area contributed by atoms with Gasteiger partial charge in [-0.3, -0.25) is 0 Å². The lowest BCUT2D eigenvalue weighted by molar-refractivity contribution is -0.0587. The standard InChI is InChI=1S/C20H35NO/c1-3-8-17(4-2)15-22-20(16-21)13-11-19(12-14-20)18-9-6-5-7-10-18/h17-19H,3-15H2,1-2H3/t17?,19-,20-. The van der Waals surface area contributed by atoms with Crippen molar-refractivity contribution in [2.45, 2.75) is 96.5 Å². The summed E-state index contributed by atoms with van der Waals surface area (Å²) in [5.74, 6) is 2.43. The number of nitrogens with zero attached hydrogens (tertiary/aromatic N) is 1. The van der Waals surface area contributed by atoms with Crippen LogP contribution in [-0.2, 0) is 4.74 Å². The molecular weight excluding hydrogens is 270 g/mol. The van der Waals surface area contributed by atoms with Gasteiger partial charge in [-0.15, -0.1) is 0 Å². The maximum Gasteiger partial charge on any atom is 0.154 e. The minimum atomic E-state index is -0.466. The summed E-state index contributed by atoms with van der Waals surface area (Å²) in [5, 5.41) is 9.68. The average molecular weight is 306 g/mol. The van der Waals surface area contributed by atoms with E-state index in [0.29, 0.717) is 5.92 Å². The lowest BCUT2D eigenvalue weighted by atomic mass is 9.70. The Morgan fingerprint density at radius 1 is 1.05 bits per heavy atom. The summed E-state index contributed by atoms with van der Waals surface area (Å²) in [6.45, 7) is 5.26. The molecule has 2 saturated carbocycles. The van der Waals surface area contributed by atoms with E-state index in [1.165, 1.54) is 64.2 Å². The number of ether oxygens (including phenoxy) is 1. The number of rotatable bonds is 7. The van der Waals surface area contributed by atoms with Crippen LogP contribution >= 0.6 is 0 Å². The van der Waals surface area contributed by atoms with Gasteiger partial charge in [-0.05, 0) is 49.9 Å². The predicted molar refractivity (Wildman–Crippen MR) is 91.5 cm³/mol. The Hall–Kier alpha value is -0.550. The van der Waals surface area contributed by atoms with E-state index in [1.54, 1.807) is 0 Å². The molecule has 0 amide bonds. The summed E-state index contributed by atoms with van der Waals surface area (Å²) in [6.07, 6.45) is 15.1. The summed E-state index contributed by atoms with van der Waals surface area (Å²) in [6, 6.07) is 2.54. The highest BCUT2D eigenvalue weighted by atomic mass is 16.5. The van der Waals surface area contributed by atoms with Crippen molar-refractivity contribution in [1.82, 2.24) is 0 Å². The van der Waals surface area contributed by atoms with Gasteiger partial charge >= 0.3 is 0 Å². The molecule has 0 aromatic heterocycles. The van der Waals surface area contributed by atoms with E-state index in [2.05, 4.69) is 19.9 Å². The molecule has 2 rings (SSSR count). The van der Waals surface area contributed by atoms with Crippen molar-refractivity contribution in [2.75, 3.05) is 6.61 Å². The molecule has 0 bridgehead atoms. The fourth-order valence-electron chi connectivity index (χ4n) is 4.56. The highest BCUT2D eigenvalue weighted by molar-refractivity contribution is 5.05. The zero-order chi connectivity index (χ0) is 15.8. The van der Waals surface area contributed by atoms with Gasteiger partial charge in [-0.2, -0.15) is 5.26 Å². The Bertz CT molecular complexity index is 345. The third-order valence-electron chi connectivity index (χ3n) is 6.23. The van der Waals surface area contributed by atoms with Gasteiger partial charge in [0, 0.05) is 0 Å². The lowest BCUT2D eigenvalue weighted by Gasteiger charge is -2.39. The molecule has 2 aliphatic carbocycles. The summed E-state index contributed by atoms with van der Waals surface area (Å²) in [4.78, 5) is 0. The van der Waals surface area contributed by atoms with E-state index in [9.17, 15) is 5.26 Å². The van der Waals surface area contributed by atoms with Crippen LogP contribution in [0.5, 0.6) is 0 Å². The molecule has 1 unspecified atom stereocenters. The molecular formula is C20H35NO. The van der Waals surface area contributed by atoms with Crippen molar-refractivity contribution in [3.8, 4) is 6.07 Å². The Balaban J connectivity index is 1.81. The summed E-state index contributed by atoms with van der Waals surface area (Å²) >= 11 is 0. The predicted octanol–water partition coefficient (Wildman–Crippen LogP) is 5.86. The second-order valence-corrected chi connectivity index (χ2v) is 7.72. The normalized spacial score (nSPS) is 31.6. The second-order valence-electron chi connectivity index (χ2n) is 7.72. The van der Waals surface area contributed by atoms with Gasteiger partial charge in [0.05, 0.1) is 12.7 Å². The third kappa shape index (κ3) is 4.72. The molecule has 0 saturated heterocycles. The maximum absolute atomic E-state index is 9.68. The molecule has 0 aliphatic heterocycles. The van der Waals surface area contributed by atoms with Crippen LogP contribution in [-0.4, -0.2) is 12.2 Å². The van der Waals surface area contributed by atoms with Gasteiger partial charge in [0.1, 0.15) is 0 Å². The van der Waals surface area contributed by atoms with Gasteiger partial charge in [-0.25, -0.2) is 0 Å². The minimum Gasteiger partial charge on any atom is -0.360 e. The molecule has 0 aromatic rings. The monoisotopic (exact) mass is 305 g/mol. The Morgan fingerprint density at radius 3 is 2.23 bits per heavy atom. The number of nitriles is 1. The molecule has 22 heavy (non-hydrogen) atoms. The van der Waals surface area contributed by atoms with Crippen LogP contribution in [0, 0.1) is 29.1 Å². The average Bonchev–Trinajstić information content (AvgIpc) is 2.60. The fraction of sp³-hybridized carbons (Fsp3) is 0.950. The van der Waals surface area contributed by atoms with E-state index in [-0.39, 0.29) is 0 Å². The molecule has 1 atom stereocenters. The first kappa shape index (κ1) is 17.8. The SMILES string of the molecule is CCCC(CC)CO[C@]1(C#N)CC[C@@H](C2CCCCC2)CC1. The molecule has 2 nitrogen and oxygen atoms in total. The van der Waals surface area contributed by atoms with E-state index in [4.69, 9.17) is 4.74 Å². The van der Waals surface area contributed by atoms with Crippen LogP contribution < -0.4 is 0 Å². The number of hydrogen-bond donors (Lipinski definition) is 0. The van der Waals surface area contributed by atoms with Crippen molar-refractivity contribution in [3.05, 3.63) is 0 Å². The minimum absolute atomic E-state index is 0.466. The van der Waals surface area contributed by atoms with Crippen molar-refractivity contribution in [3.63, 3.8) is 0 Å². The first-order chi connectivity index (χ1) is 10.7. The Labute approximate surface area is 137 Å². The highest BCUT2D eigenvalue weighted by Crippen LogP contribution is 2.42. The van der Waals surface area contributed by atoms with Crippen LogP contribution in [0.4, 0.5) is 0 Å². The molecule has 2 heteroatoms. The number of hydrogen-bond acceptors (Lipinski definition) is 2. The highest BCUT2D eigenvalue weighted by Gasteiger charge is 2.39. The second kappa shape index (κ2) is 8.92. The van der Waals surface area contributed by atoms with Gasteiger partial charge in [0.15, 0.2) is 5.60 Å².